The minimum Gasteiger partial charge on any atom is -0.368 e. The molecule has 0 spiro atoms. The third kappa shape index (κ3) is 2.51. The van der Waals surface area contributed by atoms with Crippen molar-refractivity contribution in [3.05, 3.63) is 47.7 Å². The van der Waals surface area contributed by atoms with Gasteiger partial charge in [-0.1, -0.05) is 36.4 Å². The second-order valence-corrected chi connectivity index (χ2v) is 4.35. The molecule has 2 nitrogen and oxygen atoms in total. The van der Waals surface area contributed by atoms with E-state index >= 15 is 0 Å². The van der Waals surface area contributed by atoms with Crippen LogP contribution in [0.25, 0.3) is 0 Å². The molecule has 1 unspecified atom stereocenters. The molecule has 16 heavy (non-hydrogen) atoms. The van der Waals surface area contributed by atoms with Gasteiger partial charge in [-0.2, -0.15) is 0 Å². The minimum absolute atomic E-state index is 0.228. The van der Waals surface area contributed by atoms with E-state index in [-0.39, 0.29) is 5.78 Å². The fraction of sp³-hybridized carbons (Fsp3) is 0.357. The highest BCUT2D eigenvalue weighted by Crippen LogP contribution is 2.33. The van der Waals surface area contributed by atoms with Gasteiger partial charge < -0.3 is 4.90 Å². The van der Waals surface area contributed by atoms with Crippen molar-refractivity contribution in [3.63, 3.8) is 0 Å². The summed E-state index contributed by atoms with van der Waals surface area (Å²) in [5, 5.41) is 0. The van der Waals surface area contributed by atoms with E-state index in [1.165, 1.54) is 11.3 Å². The van der Waals surface area contributed by atoms with Crippen LogP contribution in [0.3, 0.4) is 0 Å². The Bertz CT molecular complexity index is 408. The SMILES string of the molecule is CC(=O)CC=C1C(Cc2ccccc2)N1C. The van der Waals surface area contributed by atoms with E-state index in [0.717, 1.165) is 6.42 Å². The van der Waals surface area contributed by atoms with Gasteiger partial charge in [0.05, 0.1) is 6.04 Å². The van der Waals surface area contributed by atoms with Crippen LogP contribution in [0.1, 0.15) is 18.9 Å². The third-order valence-electron chi connectivity index (χ3n) is 3.02. The van der Waals surface area contributed by atoms with E-state index in [2.05, 4.69) is 42.3 Å². The summed E-state index contributed by atoms with van der Waals surface area (Å²) in [6.45, 7) is 1.63. The van der Waals surface area contributed by atoms with Crippen molar-refractivity contribution in [1.29, 1.82) is 0 Å². The van der Waals surface area contributed by atoms with E-state index < -0.39 is 0 Å². The molecule has 2 rings (SSSR count). The molecule has 1 heterocycles. The van der Waals surface area contributed by atoms with E-state index in [1.54, 1.807) is 6.92 Å². The normalized spacial score (nSPS) is 21.2. The first-order chi connectivity index (χ1) is 7.68. The van der Waals surface area contributed by atoms with Crippen LogP contribution in [0.2, 0.25) is 0 Å². The number of carbonyl (C=O) groups is 1. The molecular formula is C14H17NO. The Morgan fingerprint density at radius 1 is 1.38 bits per heavy atom. The second-order valence-electron chi connectivity index (χ2n) is 4.35. The molecule has 0 aromatic heterocycles. The molecule has 0 N–H and O–H groups in total. The Kier molecular flexibility index (Phi) is 3.09. The summed E-state index contributed by atoms with van der Waals surface area (Å²) in [6, 6.07) is 11.0. The predicted octanol–water partition coefficient (Wildman–Crippen LogP) is 2.41. The van der Waals surface area contributed by atoms with Crippen molar-refractivity contribution in [1.82, 2.24) is 4.90 Å². The molecule has 1 atom stereocenters. The first-order valence-corrected chi connectivity index (χ1v) is 5.64. The van der Waals surface area contributed by atoms with Gasteiger partial charge in [-0.3, -0.25) is 4.79 Å². The van der Waals surface area contributed by atoms with Gasteiger partial charge in [0.15, 0.2) is 0 Å². The zero-order chi connectivity index (χ0) is 11.5. The van der Waals surface area contributed by atoms with Gasteiger partial charge in [0.2, 0.25) is 0 Å². The average molecular weight is 215 g/mol. The number of benzene rings is 1. The molecule has 1 aromatic rings. The lowest BCUT2D eigenvalue weighted by molar-refractivity contribution is -0.116. The van der Waals surface area contributed by atoms with Crippen molar-refractivity contribution in [2.24, 2.45) is 0 Å². The molecule has 84 valence electrons. The van der Waals surface area contributed by atoms with Crippen LogP contribution in [-0.2, 0) is 11.2 Å². The Balaban J connectivity index is 1.94. The maximum absolute atomic E-state index is 10.9. The highest BCUT2D eigenvalue weighted by Gasteiger charge is 2.36. The highest BCUT2D eigenvalue weighted by molar-refractivity contribution is 5.77. The topological polar surface area (TPSA) is 20.1 Å². The Hall–Kier alpha value is -1.57. The molecule has 1 fully saturated rings. The van der Waals surface area contributed by atoms with Crippen LogP contribution in [0.4, 0.5) is 0 Å². The molecule has 1 aliphatic heterocycles. The maximum atomic E-state index is 10.9. The molecule has 0 amide bonds. The summed E-state index contributed by atoms with van der Waals surface area (Å²) >= 11 is 0. The van der Waals surface area contributed by atoms with E-state index in [9.17, 15) is 4.79 Å². The van der Waals surface area contributed by atoms with Crippen molar-refractivity contribution in [2.75, 3.05) is 7.05 Å². The molecule has 0 aliphatic carbocycles. The standard InChI is InChI=1S/C14H17NO/c1-11(16)8-9-13-14(15(13)2)10-12-6-4-3-5-7-12/h3-7,9,14H,8,10H2,1-2H3. The zero-order valence-corrected chi connectivity index (χ0v) is 9.81. The quantitative estimate of drug-likeness (QED) is 0.719. The third-order valence-corrected chi connectivity index (χ3v) is 3.02. The van der Waals surface area contributed by atoms with E-state index in [0.29, 0.717) is 12.5 Å². The van der Waals surface area contributed by atoms with Gasteiger partial charge in [0, 0.05) is 19.2 Å². The summed E-state index contributed by atoms with van der Waals surface area (Å²) in [7, 11) is 2.08. The molecule has 0 saturated carbocycles. The Morgan fingerprint density at radius 2 is 2.06 bits per heavy atom. The number of Topliss-reactive ketones (excluding diaryl/α,β-unsaturated/α-hetero) is 1. The van der Waals surface area contributed by atoms with Gasteiger partial charge in [0.1, 0.15) is 5.78 Å². The number of rotatable bonds is 4. The van der Waals surface area contributed by atoms with Crippen LogP contribution in [-0.4, -0.2) is 23.8 Å². The number of hydrogen-bond donors (Lipinski definition) is 0. The molecule has 1 aliphatic rings. The maximum Gasteiger partial charge on any atom is 0.133 e. The number of ketones is 1. The monoisotopic (exact) mass is 215 g/mol. The molecule has 1 aromatic carbocycles. The lowest BCUT2D eigenvalue weighted by Crippen LogP contribution is -1.98. The second kappa shape index (κ2) is 4.52. The number of likely N-dealkylation sites (N-methyl/N-ethyl adjacent to an activating group) is 1. The number of carbonyl (C=O) groups excluding carboxylic acids is 1. The van der Waals surface area contributed by atoms with Crippen molar-refractivity contribution < 1.29 is 4.79 Å². The average Bonchev–Trinajstić information content (AvgIpc) is 2.87. The number of allylic oxidation sites excluding steroid dienone is 1. The van der Waals surface area contributed by atoms with Crippen LogP contribution < -0.4 is 0 Å². The molecular weight excluding hydrogens is 198 g/mol. The smallest absolute Gasteiger partial charge is 0.133 e. The fourth-order valence-corrected chi connectivity index (χ4v) is 1.97. The molecule has 0 bridgehead atoms. The van der Waals surface area contributed by atoms with Crippen LogP contribution in [0.5, 0.6) is 0 Å². The number of nitrogens with zero attached hydrogens (tertiary/aromatic N) is 1. The Morgan fingerprint density at radius 3 is 2.69 bits per heavy atom. The minimum atomic E-state index is 0.228. The summed E-state index contributed by atoms with van der Waals surface area (Å²) in [6.07, 6.45) is 3.65. The molecule has 1 saturated heterocycles. The zero-order valence-electron chi connectivity index (χ0n) is 9.81. The lowest BCUT2D eigenvalue weighted by atomic mass is 10.1. The van der Waals surface area contributed by atoms with Gasteiger partial charge in [-0.15, -0.1) is 0 Å². The largest absolute Gasteiger partial charge is 0.368 e. The fourth-order valence-electron chi connectivity index (χ4n) is 1.97. The Labute approximate surface area is 96.6 Å². The van der Waals surface area contributed by atoms with Crippen molar-refractivity contribution in [3.8, 4) is 0 Å². The predicted molar refractivity (Wildman–Crippen MR) is 65.1 cm³/mol. The number of hydrogen-bond acceptors (Lipinski definition) is 2. The van der Waals surface area contributed by atoms with Crippen molar-refractivity contribution in [2.45, 2.75) is 25.8 Å². The van der Waals surface area contributed by atoms with Gasteiger partial charge in [0.25, 0.3) is 0 Å². The molecule has 0 radical (unpaired) electrons. The van der Waals surface area contributed by atoms with Gasteiger partial charge in [-0.05, 0) is 18.9 Å². The van der Waals surface area contributed by atoms with Gasteiger partial charge in [-0.25, -0.2) is 0 Å². The van der Waals surface area contributed by atoms with E-state index in [4.69, 9.17) is 0 Å². The van der Waals surface area contributed by atoms with Crippen LogP contribution >= 0.6 is 0 Å². The first kappa shape index (κ1) is 10.9. The van der Waals surface area contributed by atoms with Crippen LogP contribution in [0.15, 0.2) is 42.1 Å². The van der Waals surface area contributed by atoms with Crippen molar-refractivity contribution >= 4 is 5.78 Å². The van der Waals surface area contributed by atoms with Gasteiger partial charge >= 0.3 is 0 Å². The summed E-state index contributed by atoms with van der Waals surface area (Å²) in [5.41, 5.74) is 2.66. The summed E-state index contributed by atoms with van der Waals surface area (Å²) in [4.78, 5) is 13.1. The lowest BCUT2D eigenvalue weighted by Gasteiger charge is -1.97. The first-order valence-electron chi connectivity index (χ1n) is 5.64. The summed E-state index contributed by atoms with van der Waals surface area (Å²) in [5.74, 6) is 0.228. The highest BCUT2D eigenvalue weighted by atomic mass is 16.1. The summed E-state index contributed by atoms with van der Waals surface area (Å²) < 4.78 is 0. The van der Waals surface area contributed by atoms with E-state index in [1.807, 2.05) is 6.07 Å². The molecule has 2 heteroatoms. The van der Waals surface area contributed by atoms with Crippen LogP contribution in [0, 0.1) is 0 Å².